The van der Waals surface area contributed by atoms with Crippen molar-refractivity contribution < 1.29 is 14.3 Å². The molecule has 20 heavy (non-hydrogen) atoms. The number of nitrogens with zero attached hydrogens (tertiary/aromatic N) is 3. The van der Waals surface area contributed by atoms with Gasteiger partial charge in [0, 0.05) is 12.4 Å². The van der Waals surface area contributed by atoms with Gasteiger partial charge in [-0.1, -0.05) is 0 Å². The van der Waals surface area contributed by atoms with Crippen molar-refractivity contribution >= 4 is 5.97 Å². The second-order valence-corrected chi connectivity index (χ2v) is 4.04. The number of hydrogen-bond acceptors (Lipinski definition) is 6. The van der Waals surface area contributed by atoms with Gasteiger partial charge < -0.3 is 9.47 Å². The summed E-state index contributed by atoms with van der Waals surface area (Å²) in [6, 6.07) is 3.94. The van der Waals surface area contributed by atoms with Crippen molar-refractivity contribution in [3.8, 4) is 5.88 Å². The fraction of sp³-hybridized carbons (Fsp3) is 0.286. The summed E-state index contributed by atoms with van der Waals surface area (Å²) in [5.41, 5.74) is 1.34. The summed E-state index contributed by atoms with van der Waals surface area (Å²) >= 11 is 0. The molecule has 0 saturated carbocycles. The molecule has 104 valence electrons. The quantitative estimate of drug-likeness (QED) is 0.588. The van der Waals surface area contributed by atoms with Crippen molar-refractivity contribution in [1.82, 2.24) is 15.0 Å². The fourth-order valence-corrected chi connectivity index (χ4v) is 1.62. The smallest absolute Gasteiger partial charge is 0.358 e. The van der Waals surface area contributed by atoms with Crippen molar-refractivity contribution in [3.05, 3.63) is 48.2 Å². The minimum Gasteiger partial charge on any atom is -0.477 e. The maximum Gasteiger partial charge on any atom is 0.358 e. The Kier molecular flexibility index (Phi) is 5.00. The maximum atomic E-state index is 11.3. The predicted molar refractivity (Wildman–Crippen MR) is 71.4 cm³/mol. The molecule has 0 aliphatic heterocycles. The summed E-state index contributed by atoms with van der Waals surface area (Å²) in [6.45, 7) is 0.502. The van der Waals surface area contributed by atoms with Gasteiger partial charge >= 0.3 is 5.97 Å². The van der Waals surface area contributed by atoms with E-state index in [1.165, 1.54) is 25.1 Å². The second-order valence-electron chi connectivity index (χ2n) is 4.04. The van der Waals surface area contributed by atoms with E-state index in [4.69, 9.17) is 4.74 Å². The molecule has 2 aromatic heterocycles. The molecule has 0 atom stereocenters. The summed E-state index contributed by atoms with van der Waals surface area (Å²) in [5.74, 6) is -0.206. The van der Waals surface area contributed by atoms with E-state index in [1.807, 2.05) is 12.1 Å². The first-order chi connectivity index (χ1) is 9.79. The van der Waals surface area contributed by atoms with Crippen LogP contribution >= 0.6 is 0 Å². The zero-order valence-electron chi connectivity index (χ0n) is 11.2. The molecule has 2 aromatic rings. The van der Waals surface area contributed by atoms with Gasteiger partial charge in [-0.3, -0.25) is 9.97 Å². The molecular weight excluding hydrogens is 258 g/mol. The van der Waals surface area contributed by atoms with Crippen LogP contribution in [0.15, 0.2) is 36.9 Å². The van der Waals surface area contributed by atoms with E-state index in [1.54, 1.807) is 12.4 Å². The molecule has 0 aliphatic carbocycles. The Morgan fingerprint density at radius 3 is 2.75 bits per heavy atom. The molecular formula is C14H15N3O3. The predicted octanol–water partition coefficient (Wildman–Crippen LogP) is 1.67. The van der Waals surface area contributed by atoms with Crippen LogP contribution in [-0.2, 0) is 11.2 Å². The summed E-state index contributed by atoms with van der Waals surface area (Å²) in [6.07, 6.45) is 8.08. The third-order valence-electron chi connectivity index (χ3n) is 2.62. The average Bonchev–Trinajstić information content (AvgIpc) is 2.52. The van der Waals surface area contributed by atoms with Crippen LogP contribution in [0, 0.1) is 0 Å². The van der Waals surface area contributed by atoms with Crippen LogP contribution in [0.2, 0.25) is 0 Å². The van der Waals surface area contributed by atoms with Gasteiger partial charge in [-0.15, -0.1) is 0 Å². The van der Waals surface area contributed by atoms with Gasteiger partial charge in [0.2, 0.25) is 5.88 Å². The fourth-order valence-electron chi connectivity index (χ4n) is 1.62. The molecule has 2 heterocycles. The molecule has 0 aromatic carbocycles. The molecule has 0 bridgehead atoms. The lowest BCUT2D eigenvalue weighted by atomic mass is 10.1. The van der Waals surface area contributed by atoms with Crippen LogP contribution in [0.3, 0.4) is 0 Å². The van der Waals surface area contributed by atoms with E-state index in [9.17, 15) is 4.79 Å². The van der Waals surface area contributed by atoms with Crippen LogP contribution < -0.4 is 4.74 Å². The second kappa shape index (κ2) is 7.18. The number of aryl methyl sites for hydroxylation is 1. The summed E-state index contributed by atoms with van der Waals surface area (Å²) in [7, 11) is 1.30. The van der Waals surface area contributed by atoms with E-state index in [-0.39, 0.29) is 5.69 Å². The first-order valence-corrected chi connectivity index (χ1v) is 6.21. The Balaban J connectivity index is 1.81. The highest BCUT2D eigenvalue weighted by Crippen LogP contribution is 2.07. The van der Waals surface area contributed by atoms with Crippen LogP contribution in [0.25, 0.3) is 0 Å². The molecule has 0 radical (unpaired) electrons. The Bertz CT molecular complexity index is 561. The van der Waals surface area contributed by atoms with Gasteiger partial charge in [0.05, 0.1) is 26.1 Å². The van der Waals surface area contributed by atoms with E-state index in [2.05, 4.69) is 19.7 Å². The monoisotopic (exact) mass is 273 g/mol. The average molecular weight is 273 g/mol. The Morgan fingerprint density at radius 2 is 2.00 bits per heavy atom. The van der Waals surface area contributed by atoms with Crippen molar-refractivity contribution in [2.24, 2.45) is 0 Å². The summed E-state index contributed by atoms with van der Waals surface area (Å²) in [5, 5.41) is 0. The van der Waals surface area contributed by atoms with E-state index in [0.29, 0.717) is 12.5 Å². The minimum atomic E-state index is -0.528. The highest BCUT2D eigenvalue weighted by atomic mass is 16.5. The van der Waals surface area contributed by atoms with Gasteiger partial charge in [-0.25, -0.2) is 9.78 Å². The number of ether oxygens (including phenoxy) is 2. The number of esters is 1. The van der Waals surface area contributed by atoms with Crippen LogP contribution in [0.1, 0.15) is 22.5 Å². The molecule has 0 aliphatic rings. The number of hydrogen-bond donors (Lipinski definition) is 0. The number of methoxy groups -OCH3 is 1. The van der Waals surface area contributed by atoms with Gasteiger partial charge in [0.15, 0.2) is 5.69 Å². The molecule has 0 amide bonds. The van der Waals surface area contributed by atoms with Crippen molar-refractivity contribution in [1.29, 1.82) is 0 Å². The molecule has 0 spiro atoms. The van der Waals surface area contributed by atoms with Crippen LogP contribution in [-0.4, -0.2) is 34.6 Å². The SMILES string of the molecule is COC(=O)c1cncc(OCCCc2ccncc2)n1. The van der Waals surface area contributed by atoms with Gasteiger partial charge in [0.1, 0.15) is 0 Å². The Hall–Kier alpha value is -2.50. The number of carbonyl (C=O) groups excluding carboxylic acids is 1. The standard InChI is InChI=1S/C14H15N3O3/c1-19-14(18)12-9-16-10-13(17-12)20-8-2-3-11-4-6-15-7-5-11/h4-7,9-10H,2-3,8H2,1H3. The molecule has 0 saturated heterocycles. The first kappa shape index (κ1) is 13.9. The minimum absolute atomic E-state index is 0.138. The third kappa shape index (κ3) is 4.01. The Labute approximate surface area is 116 Å². The molecule has 0 unspecified atom stereocenters. The lowest BCUT2D eigenvalue weighted by molar-refractivity contribution is 0.0592. The van der Waals surface area contributed by atoms with Gasteiger partial charge in [-0.2, -0.15) is 0 Å². The third-order valence-corrected chi connectivity index (χ3v) is 2.62. The van der Waals surface area contributed by atoms with E-state index < -0.39 is 5.97 Å². The van der Waals surface area contributed by atoms with Crippen molar-refractivity contribution in [2.45, 2.75) is 12.8 Å². The number of pyridine rings is 1. The number of carbonyl (C=O) groups is 1. The first-order valence-electron chi connectivity index (χ1n) is 6.21. The van der Waals surface area contributed by atoms with Crippen molar-refractivity contribution in [3.63, 3.8) is 0 Å². The lowest BCUT2D eigenvalue weighted by Crippen LogP contribution is -2.07. The summed E-state index contributed by atoms with van der Waals surface area (Å²) < 4.78 is 10.0. The highest BCUT2D eigenvalue weighted by Gasteiger charge is 2.08. The lowest BCUT2D eigenvalue weighted by Gasteiger charge is -2.05. The number of rotatable bonds is 6. The maximum absolute atomic E-state index is 11.3. The number of aromatic nitrogens is 3. The zero-order chi connectivity index (χ0) is 14.2. The summed E-state index contributed by atoms with van der Waals surface area (Å²) in [4.78, 5) is 23.2. The van der Waals surface area contributed by atoms with Gasteiger partial charge in [-0.05, 0) is 30.5 Å². The van der Waals surface area contributed by atoms with Crippen molar-refractivity contribution in [2.75, 3.05) is 13.7 Å². The highest BCUT2D eigenvalue weighted by molar-refractivity contribution is 5.86. The van der Waals surface area contributed by atoms with Crippen LogP contribution in [0.5, 0.6) is 5.88 Å². The molecule has 0 N–H and O–H groups in total. The normalized spacial score (nSPS) is 10.1. The molecule has 6 heteroatoms. The largest absolute Gasteiger partial charge is 0.477 e. The molecule has 0 fully saturated rings. The van der Waals surface area contributed by atoms with Gasteiger partial charge in [0.25, 0.3) is 0 Å². The Morgan fingerprint density at radius 1 is 1.20 bits per heavy atom. The molecule has 6 nitrogen and oxygen atoms in total. The molecule has 2 rings (SSSR count). The zero-order valence-corrected chi connectivity index (χ0v) is 11.2. The van der Waals surface area contributed by atoms with Crippen LogP contribution in [0.4, 0.5) is 0 Å². The van der Waals surface area contributed by atoms with E-state index >= 15 is 0 Å². The topological polar surface area (TPSA) is 74.2 Å². The van der Waals surface area contributed by atoms with E-state index in [0.717, 1.165) is 12.8 Å².